The maximum atomic E-state index is 13.6. The summed E-state index contributed by atoms with van der Waals surface area (Å²) in [5, 5.41) is 10.2. The van der Waals surface area contributed by atoms with Crippen LogP contribution in [0.25, 0.3) is 0 Å². The number of morpholine rings is 1. The van der Waals surface area contributed by atoms with Crippen LogP contribution >= 0.6 is 24.8 Å². The standard InChI is InChI=1S/C31H37F6N3O4.2ClH/c1-21-5-6-22(14-28(21)41)13-26-18-38(7-3-4-8-39-11-12-44-27(19-39)20-43-2)9-10-40(26)29(42)23-15-24(30(32,33)34)17-25(16-23)31(35,36)37;;/h3-6,14-17,26-27,41H,7-13,18-20H2,1-2H3;2*1H/b4-3-;;/t26-,27+;;/m1../s1. The van der Waals surface area contributed by atoms with Gasteiger partial charge in [-0.3, -0.25) is 14.6 Å². The van der Waals surface area contributed by atoms with Gasteiger partial charge in [-0.25, -0.2) is 0 Å². The van der Waals surface area contributed by atoms with Gasteiger partial charge in [-0.15, -0.1) is 24.8 Å². The molecule has 1 amide bonds. The first-order chi connectivity index (χ1) is 20.7. The summed E-state index contributed by atoms with van der Waals surface area (Å²) >= 11 is 0. The molecule has 2 saturated heterocycles. The number of aromatic hydroxyl groups is 1. The molecule has 2 aromatic rings. The fourth-order valence-corrected chi connectivity index (χ4v) is 5.51. The Bertz CT molecular complexity index is 1290. The third-order valence-corrected chi connectivity index (χ3v) is 7.88. The molecular weight excluding hydrogens is 663 g/mol. The Morgan fingerprint density at radius 3 is 2.11 bits per heavy atom. The van der Waals surface area contributed by atoms with Crippen molar-refractivity contribution in [3.8, 4) is 5.75 Å². The van der Waals surface area contributed by atoms with Crippen LogP contribution in [0, 0.1) is 6.92 Å². The molecular formula is C31H39Cl2F6N3O4. The number of hydrogen-bond donors (Lipinski definition) is 1. The number of aryl methyl sites for hydroxylation is 1. The molecule has 7 nitrogen and oxygen atoms in total. The summed E-state index contributed by atoms with van der Waals surface area (Å²) in [6.07, 6.45) is -5.81. The van der Waals surface area contributed by atoms with Gasteiger partial charge in [0.15, 0.2) is 0 Å². The van der Waals surface area contributed by atoms with Crippen LogP contribution in [0.15, 0.2) is 48.6 Å². The molecule has 2 aliphatic rings. The van der Waals surface area contributed by atoms with E-state index in [1.807, 2.05) is 12.2 Å². The lowest BCUT2D eigenvalue weighted by Crippen LogP contribution is -2.56. The number of carbonyl (C=O) groups excluding carboxylic acids is 1. The van der Waals surface area contributed by atoms with Crippen molar-refractivity contribution < 1.29 is 45.7 Å². The van der Waals surface area contributed by atoms with Crippen molar-refractivity contribution in [3.63, 3.8) is 0 Å². The summed E-state index contributed by atoms with van der Waals surface area (Å²) in [5.74, 6) is -0.851. The number of alkyl halides is 6. The Kier molecular flexibility index (Phi) is 14.7. The van der Waals surface area contributed by atoms with Crippen molar-refractivity contribution in [2.45, 2.75) is 37.8 Å². The Labute approximate surface area is 276 Å². The largest absolute Gasteiger partial charge is 0.508 e. The van der Waals surface area contributed by atoms with Gasteiger partial charge in [0.05, 0.1) is 30.4 Å². The molecule has 4 rings (SSSR count). The molecule has 2 aromatic carbocycles. The molecule has 0 unspecified atom stereocenters. The van der Waals surface area contributed by atoms with E-state index in [4.69, 9.17) is 9.47 Å². The highest BCUT2D eigenvalue weighted by atomic mass is 35.5. The summed E-state index contributed by atoms with van der Waals surface area (Å²) in [7, 11) is 1.63. The maximum Gasteiger partial charge on any atom is 0.416 e. The summed E-state index contributed by atoms with van der Waals surface area (Å²) in [4.78, 5) is 19.3. The second-order valence-electron chi connectivity index (χ2n) is 11.2. The van der Waals surface area contributed by atoms with Crippen LogP contribution < -0.4 is 0 Å². The third-order valence-electron chi connectivity index (χ3n) is 7.88. The second-order valence-corrected chi connectivity index (χ2v) is 11.2. The molecule has 2 aliphatic heterocycles. The number of halogens is 8. The fraction of sp³-hybridized carbons (Fsp3) is 0.516. The molecule has 15 heteroatoms. The van der Waals surface area contributed by atoms with Gasteiger partial charge in [0.25, 0.3) is 5.91 Å². The monoisotopic (exact) mass is 701 g/mol. The molecule has 46 heavy (non-hydrogen) atoms. The lowest BCUT2D eigenvalue weighted by molar-refractivity contribution is -0.143. The maximum absolute atomic E-state index is 13.6. The number of ether oxygens (including phenoxy) is 2. The number of nitrogens with zero attached hydrogens (tertiary/aromatic N) is 3. The van der Waals surface area contributed by atoms with E-state index in [-0.39, 0.29) is 55.7 Å². The van der Waals surface area contributed by atoms with E-state index in [0.717, 1.165) is 13.1 Å². The van der Waals surface area contributed by atoms with Crippen molar-refractivity contribution in [3.05, 3.63) is 76.4 Å². The van der Waals surface area contributed by atoms with Gasteiger partial charge in [-0.05, 0) is 48.7 Å². The van der Waals surface area contributed by atoms with Gasteiger partial charge in [0, 0.05) is 64.5 Å². The number of benzene rings is 2. The van der Waals surface area contributed by atoms with Crippen molar-refractivity contribution in [1.82, 2.24) is 14.7 Å². The highest BCUT2D eigenvalue weighted by Gasteiger charge is 2.39. The molecule has 2 fully saturated rings. The molecule has 0 bridgehead atoms. The quantitative estimate of drug-likeness (QED) is 0.261. The lowest BCUT2D eigenvalue weighted by Gasteiger charge is -2.41. The number of methoxy groups -OCH3 is 1. The molecule has 258 valence electrons. The Hall–Kier alpha value is -2.55. The minimum absolute atomic E-state index is 0. The first kappa shape index (κ1) is 39.6. The zero-order valence-electron chi connectivity index (χ0n) is 25.4. The van der Waals surface area contributed by atoms with Crippen LogP contribution in [0.2, 0.25) is 0 Å². The highest BCUT2D eigenvalue weighted by molar-refractivity contribution is 5.95. The first-order valence-electron chi connectivity index (χ1n) is 14.3. The summed E-state index contributed by atoms with van der Waals surface area (Å²) in [6.45, 7) is 6.48. The van der Waals surface area contributed by atoms with Crippen LogP contribution in [-0.4, -0.2) is 104 Å². The second kappa shape index (κ2) is 17.0. The zero-order valence-corrected chi connectivity index (χ0v) is 27.1. The van der Waals surface area contributed by atoms with Gasteiger partial charge in [0.1, 0.15) is 5.75 Å². The van der Waals surface area contributed by atoms with E-state index in [2.05, 4.69) is 9.80 Å². The molecule has 2 atom stereocenters. The highest BCUT2D eigenvalue weighted by Crippen LogP contribution is 2.37. The smallest absolute Gasteiger partial charge is 0.416 e. The zero-order chi connectivity index (χ0) is 32.1. The summed E-state index contributed by atoms with van der Waals surface area (Å²) in [5.41, 5.74) is -2.41. The van der Waals surface area contributed by atoms with Gasteiger partial charge in [-0.1, -0.05) is 24.3 Å². The molecule has 0 aromatic heterocycles. The van der Waals surface area contributed by atoms with Gasteiger partial charge in [0.2, 0.25) is 0 Å². The Morgan fingerprint density at radius 1 is 0.935 bits per heavy atom. The summed E-state index contributed by atoms with van der Waals surface area (Å²) < 4.78 is 91.9. The van der Waals surface area contributed by atoms with Crippen molar-refractivity contribution in [2.75, 3.05) is 66.1 Å². The number of amides is 1. The summed E-state index contributed by atoms with van der Waals surface area (Å²) in [6, 6.07) is 5.45. The molecule has 2 heterocycles. The van der Waals surface area contributed by atoms with Crippen molar-refractivity contribution in [2.24, 2.45) is 0 Å². The Balaban J connectivity index is 0.00000368. The number of phenols is 1. The predicted molar refractivity (Wildman–Crippen MR) is 166 cm³/mol. The van der Waals surface area contributed by atoms with E-state index >= 15 is 0 Å². The van der Waals surface area contributed by atoms with Gasteiger partial charge >= 0.3 is 12.4 Å². The van der Waals surface area contributed by atoms with Crippen LogP contribution in [0.5, 0.6) is 5.75 Å². The predicted octanol–water partition coefficient (Wildman–Crippen LogP) is 5.85. The third kappa shape index (κ3) is 10.7. The molecule has 0 radical (unpaired) electrons. The normalized spacial score (nSPS) is 20.0. The van der Waals surface area contributed by atoms with Gasteiger partial charge in [-0.2, -0.15) is 26.3 Å². The van der Waals surface area contributed by atoms with E-state index in [0.29, 0.717) is 62.7 Å². The average molecular weight is 703 g/mol. The molecule has 0 saturated carbocycles. The van der Waals surface area contributed by atoms with E-state index in [1.165, 1.54) is 4.90 Å². The van der Waals surface area contributed by atoms with Crippen LogP contribution in [0.3, 0.4) is 0 Å². The molecule has 0 aliphatic carbocycles. The fourth-order valence-electron chi connectivity index (χ4n) is 5.51. The molecule has 0 spiro atoms. The van der Waals surface area contributed by atoms with Crippen LogP contribution in [0.1, 0.15) is 32.6 Å². The minimum atomic E-state index is -5.06. The lowest BCUT2D eigenvalue weighted by atomic mass is 9.98. The molecule has 1 N–H and O–H groups in total. The Morgan fingerprint density at radius 2 is 1.54 bits per heavy atom. The first-order valence-corrected chi connectivity index (χ1v) is 14.3. The SMILES string of the molecule is COC[C@@H]1CN(C/C=C\CN2CCN(C(=O)c3cc(C(F)(F)F)cc(C(F)(F)F)c3)[C@H](Cc3ccc(C)c(O)c3)C2)CCO1.Cl.Cl. The van der Waals surface area contributed by atoms with E-state index in [1.54, 1.807) is 32.2 Å². The number of carbonyl (C=O) groups is 1. The van der Waals surface area contributed by atoms with E-state index < -0.39 is 41.0 Å². The van der Waals surface area contributed by atoms with Crippen molar-refractivity contribution >= 4 is 30.7 Å². The van der Waals surface area contributed by atoms with Gasteiger partial charge < -0.3 is 19.5 Å². The number of rotatable bonds is 9. The van der Waals surface area contributed by atoms with Crippen LogP contribution in [-0.2, 0) is 28.2 Å². The van der Waals surface area contributed by atoms with Crippen molar-refractivity contribution in [1.29, 1.82) is 0 Å². The topological polar surface area (TPSA) is 65.5 Å². The average Bonchev–Trinajstić information content (AvgIpc) is 2.96. The van der Waals surface area contributed by atoms with Crippen LogP contribution in [0.4, 0.5) is 26.3 Å². The number of phenolic OH excluding ortho intramolecular Hbond substituents is 1. The van der Waals surface area contributed by atoms with E-state index in [9.17, 15) is 36.2 Å². The minimum Gasteiger partial charge on any atom is -0.508 e. The number of hydrogen-bond acceptors (Lipinski definition) is 6. The number of piperazine rings is 1.